The third-order valence-corrected chi connectivity index (χ3v) is 7.35. The van der Waals surface area contributed by atoms with Crippen molar-refractivity contribution in [1.82, 2.24) is 10.2 Å². The fourth-order valence-corrected chi connectivity index (χ4v) is 5.03. The highest BCUT2D eigenvalue weighted by Crippen LogP contribution is 2.22. The van der Waals surface area contributed by atoms with E-state index in [9.17, 15) is 18.0 Å². The first-order valence-corrected chi connectivity index (χ1v) is 14.1. The van der Waals surface area contributed by atoms with Crippen LogP contribution in [-0.4, -0.2) is 57.1 Å². The van der Waals surface area contributed by atoms with Crippen molar-refractivity contribution in [2.24, 2.45) is 0 Å². The average Bonchev–Trinajstić information content (AvgIpc) is 2.81. The minimum absolute atomic E-state index is 0.146. The number of nitrogens with one attached hydrogen (secondary N) is 1. The van der Waals surface area contributed by atoms with E-state index in [0.717, 1.165) is 16.7 Å². The lowest BCUT2D eigenvalue weighted by Crippen LogP contribution is -2.50. The summed E-state index contributed by atoms with van der Waals surface area (Å²) in [5, 5.41) is 2.84. The Morgan fingerprint density at radius 1 is 0.971 bits per heavy atom. The van der Waals surface area contributed by atoms with Crippen molar-refractivity contribution in [3.05, 3.63) is 65.2 Å². The Hall–Kier alpha value is -2.87. The van der Waals surface area contributed by atoms with E-state index in [0.29, 0.717) is 38.0 Å². The van der Waals surface area contributed by atoms with Gasteiger partial charge < -0.3 is 10.2 Å². The maximum absolute atomic E-state index is 13.3. The second kappa shape index (κ2) is 13.3. The third-order valence-electron chi connectivity index (χ3n) is 6.15. The van der Waals surface area contributed by atoms with Crippen molar-refractivity contribution in [3.8, 4) is 0 Å². The zero-order chi connectivity index (χ0) is 26.0. The number of benzene rings is 2. The Labute approximate surface area is 210 Å². The summed E-state index contributed by atoms with van der Waals surface area (Å²) < 4.78 is 26.3. The summed E-state index contributed by atoms with van der Waals surface area (Å²) in [6.07, 6.45) is 2.83. The number of carbonyl (C=O) groups excluding carboxylic acids is 2. The topological polar surface area (TPSA) is 86.8 Å². The SMILES string of the molecule is CCNC(=O)[C@@H](CC)N(CCc1ccccc1)C(=O)CCCN(c1ccc(C)c(C)c1)S(C)(=O)=O. The van der Waals surface area contributed by atoms with E-state index < -0.39 is 16.1 Å². The number of rotatable bonds is 13. The zero-order valence-electron chi connectivity index (χ0n) is 21.6. The molecule has 8 heteroatoms. The molecule has 0 aliphatic carbocycles. The first-order chi connectivity index (χ1) is 16.6. The summed E-state index contributed by atoms with van der Waals surface area (Å²) in [7, 11) is -3.51. The monoisotopic (exact) mass is 501 g/mol. The molecular weight excluding hydrogens is 462 g/mol. The van der Waals surface area contributed by atoms with Crippen LogP contribution in [0.15, 0.2) is 48.5 Å². The molecule has 35 heavy (non-hydrogen) atoms. The van der Waals surface area contributed by atoms with Crippen LogP contribution < -0.4 is 9.62 Å². The average molecular weight is 502 g/mol. The van der Waals surface area contributed by atoms with Gasteiger partial charge in [0.25, 0.3) is 0 Å². The molecule has 7 nitrogen and oxygen atoms in total. The van der Waals surface area contributed by atoms with E-state index in [1.165, 1.54) is 10.6 Å². The lowest BCUT2D eigenvalue weighted by atomic mass is 10.1. The van der Waals surface area contributed by atoms with E-state index >= 15 is 0 Å². The molecule has 0 unspecified atom stereocenters. The molecule has 0 saturated carbocycles. The van der Waals surface area contributed by atoms with Crippen molar-refractivity contribution < 1.29 is 18.0 Å². The van der Waals surface area contributed by atoms with Crippen molar-refractivity contribution in [2.75, 3.05) is 30.2 Å². The number of anilines is 1. The molecule has 0 fully saturated rings. The third kappa shape index (κ3) is 8.38. The van der Waals surface area contributed by atoms with Crippen LogP contribution in [0.1, 0.15) is 49.8 Å². The molecule has 0 aliphatic heterocycles. The summed E-state index contributed by atoms with van der Waals surface area (Å²) in [6, 6.07) is 14.8. The van der Waals surface area contributed by atoms with Crippen LogP contribution in [0.4, 0.5) is 5.69 Å². The van der Waals surface area contributed by atoms with Crippen LogP contribution in [0.5, 0.6) is 0 Å². The van der Waals surface area contributed by atoms with Gasteiger partial charge in [0.15, 0.2) is 0 Å². The van der Waals surface area contributed by atoms with Gasteiger partial charge in [0.2, 0.25) is 21.8 Å². The first kappa shape index (κ1) is 28.4. The van der Waals surface area contributed by atoms with Crippen LogP contribution >= 0.6 is 0 Å². The van der Waals surface area contributed by atoms with Crippen molar-refractivity contribution in [3.63, 3.8) is 0 Å². The molecule has 0 spiro atoms. The van der Waals surface area contributed by atoms with E-state index in [4.69, 9.17) is 0 Å². The van der Waals surface area contributed by atoms with Crippen LogP contribution in [-0.2, 0) is 26.0 Å². The Bertz CT molecular complexity index is 1090. The molecule has 0 aliphatic rings. The number of hydrogen-bond acceptors (Lipinski definition) is 4. The molecule has 0 saturated heterocycles. The van der Waals surface area contributed by atoms with Gasteiger partial charge in [0.1, 0.15) is 6.04 Å². The summed E-state index contributed by atoms with van der Waals surface area (Å²) >= 11 is 0. The maximum Gasteiger partial charge on any atom is 0.242 e. The molecule has 1 N–H and O–H groups in total. The van der Waals surface area contributed by atoms with Gasteiger partial charge in [0, 0.05) is 26.1 Å². The van der Waals surface area contributed by atoms with Gasteiger partial charge in [-0.05, 0) is 68.9 Å². The van der Waals surface area contributed by atoms with Crippen LogP contribution in [0, 0.1) is 13.8 Å². The summed E-state index contributed by atoms with van der Waals surface area (Å²) in [6.45, 7) is 8.78. The van der Waals surface area contributed by atoms with E-state index in [1.807, 2.05) is 70.2 Å². The normalized spacial score (nSPS) is 12.1. The highest BCUT2D eigenvalue weighted by Gasteiger charge is 2.28. The Kier molecular flexibility index (Phi) is 10.8. The van der Waals surface area contributed by atoms with Crippen molar-refractivity contribution in [1.29, 1.82) is 0 Å². The Balaban J connectivity index is 2.15. The molecule has 2 amide bonds. The van der Waals surface area contributed by atoms with Crippen molar-refractivity contribution >= 4 is 27.5 Å². The van der Waals surface area contributed by atoms with Gasteiger partial charge in [0.05, 0.1) is 11.9 Å². The van der Waals surface area contributed by atoms with Crippen LogP contribution in [0.2, 0.25) is 0 Å². The second-order valence-corrected chi connectivity index (χ2v) is 10.8. The largest absolute Gasteiger partial charge is 0.355 e. The summed E-state index contributed by atoms with van der Waals surface area (Å²) in [4.78, 5) is 27.7. The molecule has 0 radical (unpaired) electrons. The molecular formula is C27H39N3O4S. The highest BCUT2D eigenvalue weighted by atomic mass is 32.2. The van der Waals surface area contributed by atoms with Crippen molar-refractivity contribution in [2.45, 2.75) is 59.4 Å². The van der Waals surface area contributed by atoms with Gasteiger partial charge in [-0.2, -0.15) is 0 Å². The molecule has 0 heterocycles. The Morgan fingerprint density at radius 2 is 1.66 bits per heavy atom. The van der Waals surface area contributed by atoms with Gasteiger partial charge in [-0.3, -0.25) is 13.9 Å². The Morgan fingerprint density at radius 3 is 2.23 bits per heavy atom. The molecule has 2 aromatic carbocycles. The molecule has 2 rings (SSSR count). The number of likely N-dealkylation sites (N-methyl/N-ethyl adjacent to an activating group) is 1. The number of hydrogen-bond donors (Lipinski definition) is 1. The summed E-state index contributed by atoms with van der Waals surface area (Å²) in [5.74, 6) is -0.308. The van der Waals surface area contributed by atoms with E-state index in [-0.39, 0.29) is 24.8 Å². The molecule has 2 aromatic rings. The molecule has 0 aromatic heterocycles. The lowest BCUT2D eigenvalue weighted by Gasteiger charge is -2.31. The van der Waals surface area contributed by atoms with E-state index in [1.54, 1.807) is 11.0 Å². The molecule has 0 bridgehead atoms. The zero-order valence-corrected chi connectivity index (χ0v) is 22.4. The predicted molar refractivity (Wildman–Crippen MR) is 142 cm³/mol. The smallest absolute Gasteiger partial charge is 0.242 e. The fourth-order valence-electron chi connectivity index (χ4n) is 4.07. The number of amides is 2. The lowest BCUT2D eigenvalue weighted by molar-refractivity contribution is -0.140. The highest BCUT2D eigenvalue weighted by molar-refractivity contribution is 7.92. The van der Waals surface area contributed by atoms with Gasteiger partial charge in [-0.15, -0.1) is 0 Å². The number of nitrogens with zero attached hydrogens (tertiary/aromatic N) is 2. The molecule has 192 valence electrons. The van der Waals surface area contributed by atoms with Crippen LogP contribution in [0.3, 0.4) is 0 Å². The maximum atomic E-state index is 13.3. The minimum atomic E-state index is -3.51. The van der Waals surface area contributed by atoms with Gasteiger partial charge in [-0.25, -0.2) is 8.42 Å². The predicted octanol–water partition coefficient (Wildman–Crippen LogP) is 3.84. The van der Waals surface area contributed by atoms with E-state index in [2.05, 4.69) is 5.32 Å². The number of carbonyl (C=O) groups is 2. The standard InChI is InChI=1S/C27H39N3O4S/c1-6-25(27(32)28-7-2)29(19-17-23-12-9-8-10-13-23)26(31)14-11-18-30(35(5,33)34)24-16-15-21(3)22(4)20-24/h8-10,12-13,15-16,20,25H,6-7,11,14,17-19H2,1-5H3,(H,28,32)/t25-/m1/s1. The van der Waals surface area contributed by atoms with Crippen LogP contribution in [0.25, 0.3) is 0 Å². The fraction of sp³-hybridized carbons (Fsp3) is 0.481. The number of aryl methyl sites for hydroxylation is 2. The summed E-state index contributed by atoms with van der Waals surface area (Å²) in [5.41, 5.74) is 3.78. The minimum Gasteiger partial charge on any atom is -0.355 e. The second-order valence-electron chi connectivity index (χ2n) is 8.85. The van der Waals surface area contributed by atoms with Gasteiger partial charge >= 0.3 is 0 Å². The first-order valence-electron chi connectivity index (χ1n) is 12.2. The van der Waals surface area contributed by atoms with Gasteiger partial charge in [-0.1, -0.05) is 43.3 Å². The quantitative estimate of drug-likeness (QED) is 0.452. The number of sulfonamides is 1. The molecule has 1 atom stereocenters.